The van der Waals surface area contributed by atoms with Crippen LogP contribution >= 0.6 is 13.4 Å². The minimum atomic E-state index is -3.81. The number of hydrogen-bond acceptors (Lipinski definition) is 2. The average Bonchev–Trinajstić information content (AvgIpc) is 2.52. The Labute approximate surface area is 203 Å². The molecule has 0 aliphatic heterocycles. The van der Waals surface area contributed by atoms with Crippen LogP contribution < -0.4 is 0 Å². The first-order chi connectivity index (χ1) is 12.9. The molecule has 6 nitrogen and oxygen atoms in total. The number of unbranched alkanes of at least 4 members (excludes halogenated alkanes) is 15. The summed E-state index contributed by atoms with van der Waals surface area (Å²) >= 11 is 7.21. The first kappa shape index (κ1) is 38.0. The summed E-state index contributed by atoms with van der Waals surface area (Å²) in [5.41, 5.74) is 0. The normalized spacial score (nSPS) is 10.9. The molecule has 0 aliphatic rings. The van der Waals surface area contributed by atoms with Gasteiger partial charge < -0.3 is 36.3 Å². The van der Waals surface area contributed by atoms with E-state index in [-0.39, 0.29) is 21.1 Å². The zero-order valence-corrected chi connectivity index (χ0v) is 23.3. The second-order valence-corrected chi connectivity index (χ2v) is 11.8. The molecule has 0 aromatic heterocycles. The topological polar surface area (TPSA) is 121 Å². The summed E-state index contributed by atoms with van der Waals surface area (Å²) in [7, 11) is 0. The van der Waals surface area contributed by atoms with Gasteiger partial charge in [0.2, 0.25) is 0 Å². The Bertz CT molecular complexity index is 342. The molecule has 0 amide bonds. The van der Waals surface area contributed by atoms with E-state index in [9.17, 15) is 0 Å². The number of hydrogen-bond donors (Lipinski definition) is 6. The zero-order chi connectivity index (χ0) is 22.3. The van der Waals surface area contributed by atoms with Crippen LogP contribution in [0.2, 0.25) is 0 Å². The van der Waals surface area contributed by atoms with Crippen molar-refractivity contribution in [1.82, 2.24) is 0 Å². The molecule has 0 bridgehead atoms. The molecule has 0 atom stereocenters. The van der Waals surface area contributed by atoms with Crippen molar-refractivity contribution in [2.45, 2.75) is 110 Å². The summed E-state index contributed by atoms with van der Waals surface area (Å²) in [6.07, 6.45) is 22.8. The molecule has 6 N–H and O–H groups in total. The predicted molar refractivity (Wildman–Crippen MR) is 127 cm³/mol. The Morgan fingerprint density at radius 2 is 0.690 bits per heavy atom. The smallest absolute Gasteiger partial charge is 0.319 e. The molecule has 11 heteroatoms. The summed E-state index contributed by atoms with van der Waals surface area (Å²) in [6.45, 7) is -1.44. The number of rotatable bonds is 15. The molecule has 0 spiro atoms. The standard InChI is InChI=1S/C18H37.Mo.2H3O3PS/c1-3-5-7-9-11-13-15-17-18-16-14-12-10-8-6-4-2;;2*1-4(2,3)5/h1,3-18H2,2H3;;2*(H3,1,2,3,5)/q-1;;;. The third-order valence-corrected chi connectivity index (χ3v) is 3.85. The molecular weight excluding hydrogens is 534 g/mol. The maximum absolute atomic E-state index is 7.56. The fraction of sp³-hybridized carbons (Fsp3) is 0.944. The molecule has 180 valence electrons. The maximum atomic E-state index is 7.56. The summed E-state index contributed by atoms with van der Waals surface area (Å²) in [6, 6.07) is 0. The first-order valence-electron chi connectivity index (χ1n) is 10.3. The van der Waals surface area contributed by atoms with Crippen LogP contribution in [0.15, 0.2) is 0 Å². The van der Waals surface area contributed by atoms with Crippen molar-refractivity contribution in [2.75, 3.05) is 0 Å². The van der Waals surface area contributed by atoms with Gasteiger partial charge in [-0.25, -0.2) is 0 Å². The van der Waals surface area contributed by atoms with Gasteiger partial charge in [0.05, 0.1) is 0 Å². The molecule has 0 saturated carbocycles. The van der Waals surface area contributed by atoms with Crippen LogP contribution in [0, 0.1) is 6.92 Å². The van der Waals surface area contributed by atoms with Gasteiger partial charge in [0.1, 0.15) is 0 Å². The summed E-state index contributed by atoms with van der Waals surface area (Å²) in [4.78, 5) is 45.3. The third-order valence-electron chi connectivity index (χ3n) is 3.85. The average molecular weight is 578 g/mol. The Kier molecular flexibility index (Phi) is 36.4. The Hall–Kier alpha value is 1.75. The van der Waals surface area contributed by atoms with Gasteiger partial charge in [-0.1, -0.05) is 103 Å². The molecule has 0 aromatic carbocycles. The van der Waals surface area contributed by atoms with E-state index >= 15 is 0 Å². The SMILES string of the molecule is OP(O)(O)=S.OP(O)(O)=S.[CH2-]CCCCCCCCCCCCCCCCC.[Mo]. The van der Waals surface area contributed by atoms with Crippen LogP contribution in [0.5, 0.6) is 0 Å². The van der Waals surface area contributed by atoms with Gasteiger partial charge in [0.25, 0.3) is 0 Å². The van der Waals surface area contributed by atoms with Crippen molar-refractivity contribution < 1.29 is 50.4 Å². The maximum Gasteiger partial charge on any atom is 0.319 e. The van der Waals surface area contributed by atoms with E-state index in [1.807, 2.05) is 0 Å². The molecule has 0 heterocycles. The van der Waals surface area contributed by atoms with Gasteiger partial charge in [0, 0.05) is 21.1 Å². The molecule has 0 rings (SSSR count). The van der Waals surface area contributed by atoms with Gasteiger partial charge >= 0.3 is 13.4 Å². The van der Waals surface area contributed by atoms with Gasteiger partial charge in [-0.3, -0.25) is 0 Å². The predicted octanol–water partition coefficient (Wildman–Crippen LogP) is 5.46. The van der Waals surface area contributed by atoms with Crippen LogP contribution in [-0.2, 0) is 44.7 Å². The second-order valence-electron chi connectivity index (χ2n) is 6.83. The Morgan fingerprint density at radius 1 is 0.517 bits per heavy atom. The minimum absolute atomic E-state index is 0. The largest absolute Gasteiger partial charge is 0.343 e. The van der Waals surface area contributed by atoms with Gasteiger partial charge in [-0.05, 0) is 23.6 Å². The molecule has 0 unspecified atom stereocenters. The molecule has 0 fully saturated rings. The van der Waals surface area contributed by atoms with Crippen molar-refractivity contribution in [2.24, 2.45) is 0 Å². The molecule has 0 radical (unpaired) electrons. The van der Waals surface area contributed by atoms with E-state index in [4.69, 9.17) is 29.4 Å². The van der Waals surface area contributed by atoms with Gasteiger partial charge in [0.15, 0.2) is 0 Å². The Morgan fingerprint density at radius 3 is 0.862 bits per heavy atom. The quantitative estimate of drug-likeness (QED) is 0.0658. The van der Waals surface area contributed by atoms with Crippen molar-refractivity contribution in [1.29, 1.82) is 0 Å². The van der Waals surface area contributed by atoms with Crippen molar-refractivity contribution in [3.63, 3.8) is 0 Å². The third kappa shape index (κ3) is 81.7. The van der Waals surface area contributed by atoms with Gasteiger partial charge in [-0.15, -0.1) is 0 Å². The van der Waals surface area contributed by atoms with Crippen LogP contribution in [0.3, 0.4) is 0 Å². The van der Waals surface area contributed by atoms with E-state index in [1.165, 1.54) is 96.3 Å². The fourth-order valence-electron chi connectivity index (χ4n) is 2.55. The van der Waals surface area contributed by atoms with Crippen molar-refractivity contribution >= 4 is 37.1 Å². The first-order valence-corrected chi connectivity index (χ1v) is 15.6. The van der Waals surface area contributed by atoms with Crippen LogP contribution in [0.25, 0.3) is 0 Å². The van der Waals surface area contributed by atoms with E-state index in [0.29, 0.717) is 0 Å². The molecule has 0 aliphatic carbocycles. The van der Waals surface area contributed by atoms with Gasteiger partial charge in [-0.2, -0.15) is 6.42 Å². The van der Waals surface area contributed by atoms with E-state index in [0.717, 1.165) is 6.42 Å². The van der Waals surface area contributed by atoms with E-state index in [1.54, 1.807) is 0 Å². The molecule has 29 heavy (non-hydrogen) atoms. The Balaban J connectivity index is -0.000000235. The molecule has 0 saturated heterocycles. The molecule has 0 aromatic rings. The van der Waals surface area contributed by atoms with E-state index in [2.05, 4.69) is 37.5 Å². The van der Waals surface area contributed by atoms with Crippen molar-refractivity contribution in [3.8, 4) is 0 Å². The minimum Gasteiger partial charge on any atom is -0.343 e. The summed E-state index contributed by atoms with van der Waals surface area (Å²) in [5.74, 6) is 0. The van der Waals surface area contributed by atoms with Crippen LogP contribution in [0.1, 0.15) is 110 Å². The van der Waals surface area contributed by atoms with E-state index < -0.39 is 13.4 Å². The monoisotopic (exact) mass is 579 g/mol. The summed E-state index contributed by atoms with van der Waals surface area (Å²) < 4.78 is 0. The van der Waals surface area contributed by atoms with Crippen LogP contribution in [0.4, 0.5) is 0 Å². The van der Waals surface area contributed by atoms with Crippen LogP contribution in [-0.4, -0.2) is 29.4 Å². The molecular formula is C18H43MoO6P2S2-. The summed E-state index contributed by atoms with van der Waals surface area (Å²) in [5, 5.41) is 0. The second kappa shape index (κ2) is 27.8. The fourth-order valence-corrected chi connectivity index (χ4v) is 2.55. The van der Waals surface area contributed by atoms with Crippen molar-refractivity contribution in [3.05, 3.63) is 6.92 Å². The zero-order valence-electron chi connectivity index (χ0n) is 17.8.